The van der Waals surface area contributed by atoms with Gasteiger partial charge in [0.25, 0.3) is 0 Å². The molecule has 0 spiro atoms. The smallest absolute Gasteiger partial charge is 0.337 e. The molecule has 0 bridgehead atoms. The number of anilines is 1. The Hall–Kier alpha value is -2.04. The molecule has 0 atom stereocenters. The zero-order valence-electron chi connectivity index (χ0n) is 9.62. The third kappa shape index (κ3) is 2.61. The molecule has 0 fully saturated rings. The molecule has 96 valence electrons. The molecule has 0 amide bonds. The summed E-state index contributed by atoms with van der Waals surface area (Å²) in [4.78, 5) is 10.7. The van der Waals surface area contributed by atoms with Gasteiger partial charge in [-0.25, -0.2) is 13.2 Å². The largest absolute Gasteiger partial charge is 0.478 e. The average molecular weight is 268 g/mol. The molecule has 6 nitrogen and oxygen atoms in total. The zero-order valence-corrected chi connectivity index (χ0v) is 10.4. The second kappa shape index (κ2) is 5.08. The number of terminal acetylenes is 1. The molecule has 0 aliphatic carbocycles. The Morgan fingerprint density at radius 1 is 1.56 bits per heavy atom. The van der Waals surface area contributed by atoms with Crippen LogP contribution in [-0.4, -0.2) is 37.4 Å². The van der Waals surface area contributed by atoms with Gasteiger partial charge in [-0.15, -0.1) is 6.42 Å². The van der Waals surface area contributed by atoms with E-state index in [-0.39, 0.29) is 22.7 Å². The van der Waals surface area contributed by atoms with Crippen LogP contribution < -0.4 is 5.73 Å². The summed E-state index contributed by atoms with van der Waals surface area (Å²) in [6.45, 7) is -0.147. The summed E-state index contributed by atoms with van der Waals surface area (Å²) in [6.07, 6.45) is 5.03. The second-order valence-corrected chi connectivity index (χ2v) is 5.54. The first-order valence-corrected chi connectivity index (χ1v) is 6.27. The Labute approximate surface area is 105 Å². The van der Waals surface area contributed by atoms with Gasteiger partial charge in [-0.1, -0.05) is 5.92 Å². The highest BCUT2D eigenvalue weighted by Crippen LogP contribution is 2.21. The summed E-state index contributed by atoms with van der Waals surface area (Å²) in [6, 6.07) is 3.57. The molecular formula is C11H12N2O4S. The Balaban J connectivity index is 3.42. The summed E-state index contributed by atoms with van der Waals surface area (Å²) in [7, 11) is -2.66. The van der Waals surface area contributed by atoms with Gasteiger partial charge < -0.3 is 10.8 Å². The average Bonchev–Trinajstić information content (AvgIpc) is 2.28. The van der Waals surface area contributed by atoms with E-state index in [0.29, 0.717) is 0 Å². The van der Waals surface area contributed by atoms with Crippen molar-refractivity contribution in [2.75, 3.05) is 19.3 Å². The van der Waals surface area contributed by atoms with E-state index in [1.54, 1.807) is 0 Å². The summed E-state index contributed by atoms with van der Waals surface area (Å²) in [5.74, 6) is 0.812. The number of carboxylic acid groups (broad SMARTS) is 1. The Kier molecular flexibility index (Phi) is 3.96. The van der Waals surface area contributed by atoms with E-state index in [2.05, 4.69) is 5.92 Å². The fourth-order valence-corrected chi connectivity index (χ4v) is 2.57. The predicted octanol–water partition coefficient (Wildman–Crippen LogP) is 0.221. The van der Waals surface area contributed by atoms with Gasteiger partial charge in [0.1, 0.15) is 0 Å². The standard InChI is InChI=1S/C11H12N2O4S/c1-3-6-13(2)18(16,17)10-5-4-8(12)7-9(10)11(14)15/h1,4-5,7H,6,12H2,2H3,(H,14,15). The van der Waals surface area contributed by atoms with Crippen LogP contribution >= 0.6 is 0 Å². The number of hydrogen-bond acceptors (Lipinski definition) is 4. The van der Waals surface area contributed by atoms with Gasteiger partial charge in [-0.05, 0) is 18.2 Å². The molecule has 7 heteroatoms. The lowest BCUT2D eigenvalue weighted by atomic mass is 10.2. The maximum Gasteiger partial charge on any atom is 0.337 e. The van der Waals surface area contributed by atoms with Crippen LogP contribution in [0.3, 0.4) is 0 Å². The summed E-state index contributed by atoms with van der Waals surface area (Å²) < 4.78 is 25.1. The minimum Gasteiger partial charge on any atom is -0.478 e. The molecule has 0 aliphatic heterocycles. The number of carbonyl (C=O) groups is 1. The van der Waals surface area contributed by atoms with E-state index in [1.165, 1.54) is 13.1 Å². The number of nitrogens with two attached hydrogens (primary N) is 1. The van der Waals surface area contributed by atoms with Gasteiger partial charge in [0.2, 0.25) is 10.0 Å². The lowest BCUT2D eigenvalue weighted by Crippen LogP contribution is -2.28. The first kappa shape index (κ1) is 14.0. The van der Waals surface area contributed by atoms with E-state index in [4.69, 9.17) is 17.3 Å². The van der Waals surface area contributed by atoms with Crippen LogP contribution in [0.4, 0.5) is 5.69 Å². The third-order valence-electron chi connectivity index (χ3n) is 2.24. The maximum absolute atomic E-state index is 12.1. The molecule has 0 saturated carbocycles. The Morgan fingerprint density at radius 2 is 2.17 bits per heavy atom. The van der Waals surface area contributed by atoms with E-state index >= 15 is 0 Å². The number of nitrogen functional groups attached to an aromatic ring is 1. The maximum atomic E-state index is 12.1. The predicted molar refractivity (Wildman–Crippen MR) is 66.5 cm³/mol. The highest BCUT2D eigenvalue weighted by atomic mass is 32.2. The molecule has 0 heterocycles. The molecule has 18 heavy (non-hydrogen) atoms. The van der Waals surface area contributed by atoms with Crippen LogP contribution in [0.25, 0.3) is 0 Å². The zero-order chi connectivity index (χ0) is 13.9. The topological polar surface area (TPSA) is 101 Å². The molecule has 0 unspecified atom stereocenters. The van der Waals surface area contributed by atoms with Crippen molar-refractivity contribution >= 4 is 21.7 Å². The molecule has 0 aromatic heterocycles. The van der Waals surface area contributed by atoms with Crippen LogP contribution in [0.1, 0.15) is 10.4 Å². The van der Waals surface area contributed by atoms with Gasteiger partial charge in [0, 0.05) is 12.7 Å². The first-order valence-electron chi connectivity index (χ1n) is 4.83. The van der Waals surface area contributed by atoms with Crippen LogP contribution in [0.5, 0.6) is 0 Å². The van der Waals surface area contributed by atoms with Crippen molar-refractivity contribution in [1.82, 2.24) is 4.31 Å². The lowest BCUT2D eigenvalue weighted by Gasteiger charge is -2.16. The molecule has 0 radical (unpaired) electrons. The highest BCUT2D eigenvalue weighted by Gasteiger charge is 2.26. The molecule has 0 saturated heterocycles. The number of sulfonamides is 1. The summed E-state index contributed by atoms with van der Waals surface area (Å²) in [5.41, 5.74) is 5.24. The molecule has 1 aromatic carbocycles. The molecule has 1 aromatic rings. The molecule has 3 N–H and O–H groups in total. The van der Waals surface area contributed by atoms with E-state index in [9.17, 15) is 13.2 Å². The van der Waals surface area contributed by atoms with E-state index in [0.717, 1.165) is 16.4 Å². The van der Waals surface area contributed by atoms with Crippen molar-refractivity contribution in [3.05, 3.63) is 23.8 Å². The van der Waals surface area contributed by atoms with Crippen molar-refractivity contribution in [2.45, 2.75) is 4.90 Å². The summed E-state index contributed by atoms with van der Waals surface area (Å²) in [5, 5.41) is 8.99. The number of carboxylic acids is 1. The molecule has 0 aliphatic rings. The van der Waals surface area contributed by atoms with Gasteiger partial charge >= 0.3 is 5.97 Å². The first-order chi connectivity index (χ1) is 8.30. The number of aromatic carboxylic acids is 1. The van der Waals surface area contributed by atoms with Crippen LogP contribution in [0, 0.1) is 12.3 Å². The fourth-order valence-electron chi connectivity index (χ4n) is 1.32. The second-order valence-electron chi connectivity index (χ2n) is 3.53. The van der Waals surface area contributed by atoms with Crippen LogP contribution in [0.15, 0.2) is 23.1 Å². The minimum atomic E-state index is -3.94. The normalized spacial score (nSPS) is 11.2. The lowest BCUT2D eigenvalue weighted by molar-refractivity contribution is 0.0692. The van der Waals surface area contributed by atoms with Crippen molar-refractivity contribution in [2.24, 2.45) is 0 Å². The monoisotopic (exact) mass is 268 g/mol. The number of benzene rings is 1. The summed E-state index contributed by atoms with van der Waals surface area (Å²) >= 11 is 0. The van der Waals surface area contributed by atoms with Crippen molar-refractivity contribution < 1.29 is 18.3 Å². The van der Waals surface area contributed by atoms with Crippen LogP contribution in [0.2, 0.25) is 0 Å². The van der Waals surface area contributed by atoms with Gasteiger partial charge in [0.05, 0.1) is 17.0 Å². The van der Waals surface area contributed by atoms with E-state index < -0.39 is 16.0 Å². The van der Waals surface area contributed by atoms with Crippen LogP contribution in [-0.2, 0) is 10.0 Å². The van der Waals surface area contributed by atoms with Gasteiger partial charge in [-0.2, -0.15) is 4.31 Å². The SMILES string of the molecule is C#CCN(C)S(=O)(=O)c1ccc(N)cc1C(=O)O. The highest BCUT2D eigenvalue weighted by molar-refractivity contribution is 7.89. The van der Waals surface area contributed by atoms with E-state index in [1.807, 2.05) is 0 Å². The van der Waals surface area contributed by atoms with Gasteiger partial charge in [0.15, 0.2) is 0 Å². The Morgan fingerprint density at radius 3 is 2.67 bits per heavy atom. The van der Waals surface area contributed by atoms with Gasteiger partial charge in [-0.3, -0.25) is 0 Å². The van der Waals surface area contributed by atoms with Crippen molar-refractivity contribution in [3.63, 3.8) is 0 Å². The molecule has 1 rings (SSSR count). The number of hydrogen-bond donors (Lipinski definition) is 2. The quantitative estimate of drug-likeness (QED) is 0.601. The Bertz CT molecular complexity index is 616. The van der Waals surface area contributed by atoms with Crippen molar-refractivity contribution in [3.8, 4) is 12.3 Å². The molecular weight excluding hydrogens is 256 g/mol. The fraction of sp³-hybridized carbons (Fsp3) is 0.182. The minimum absolute atomic E-state index is 0.147. The number of rotatable bonds is 4. The third-order valence-corrected chi connectivity index (χ3v) is 4.10. The van der Waals surface area contributed by atoms with Crippen molar-refractivity contribution in [1.29, 1.82) is 0 Å². The number of nitrogens with zero attached hydrogens (tertiary/aromatic N) is 1.